The number of hydrogen-bond acceptors (Lipinski definition) is 5. The first kappa shape index (κ1) is 22.7. The highest BCUT2D eigenvalue weighted by Gasteiger charge is 2.25. The van der Waals surface area contributed by atoms with Gasteiger partial charge < -0.3 is 10.4 Å². The van der Waals surface area contributed by atoms with Crippen LogP contribution in [-0.4, -0.2) is 41.0 Å². The fourth-order valence-electron chi connectivity index (χ4n) is 4.04. The lowest BCUT2D eigenvalue weighted by molar-refractivity contribution is -0.114. The number of benzene rings is 1. The summed E-state index contributed by atoms with van der Waals surface area (Å²) >= 11 is 6.25. The summed E-state index contributed by atoms with van der Waals surface area (Å²) in [5, 5.41) is 12.7. The van der Waals surface area contributed by atoms with Crippen LogP contribution in [0.4, 0.5) is 5.69 Å². The van der Waals surface area contributed by atoms with Crippen molar-refractivity contribution in [2.75, 3.05) is 5.32 Å². The largest absolute Gasteiger partial charge is 0.393 e. The van der Waals surface area contributed by atoms with Gasteiger partial charge in [-0.25, -0.2) is 18.1 Å². The van der Waals surface area contributed by atoms with E-state index in [-0.39, 0.29) is 22.9 Å². The van der Waals surface area contributed by atoms with Gasteiger partial charge in [-0.2, -0.15) is 0 Å². The van der Waals surface area contributed by atoms with Gasteiger partial charge in [-0.3, -0.25) is 9.20 Å². The monoisotopic (exact) mass is 476 g/mol. The lowest BCUT2D eigenvalue weighted by atomic mass is 9.94. The highest BCUT2D eigenvalue weighted by atomic mass is 35.5. The van der Waals surface area contributed by atoms with E-state index in [0.717, 1.165) is 5.56 Å². The van der Waals surface area contributed by atoms with E-state index < -0.39 is 10.0 Å². The van der Waals surface area contributed by atoms with Gasteiger partial charge in [-0.05, 0) is 56.4 Å². The number of hydrogen-bond donors (Lipinski definition) is 3. The minimum absolute atomic E-state index is 0.162. The van der Waals surface area contributed by atoms with Crippen LogP contribution < -0.4 is 10.0 Å². The van der Waals surface area contributed by atoms with E-state index in [2.05, 4.69) is 15.0 Å². The first-order valence-corrected chi connectivity index (χ1v) is 12.3. The smallest absolute Gasteiger partial charge is 0.240 e. The SMILES string of the molecule is CC(=O)Nc1c(Cl)ccn2c(-c3cc(S(=O)(=O)N[C@H]4CC[C@H](O)CC4)ccc3C)cnc12. The summed E-state index contributed by atoms with van der Waals surface area (Å²) in [5.74, 6) is -0.268. The molecule has 1 fully saturated rings. The molecule has 1 amide bonds. The number of sulfonamides is 1. The third-order valence-corrected chi connectivity index (χ3v) is 7.58. The number of nitrogens with one attached hydrogen (secondary N) is 2. The second kappa shape index (κ2) is 8.82. The molecule has 2 heterocycles. The molecule has 8 nitrogen and oxygen atoms in total. The van der Waals surface area contributed by atoms with E-state index in [1.165, 1.54) is 6.92 Å². The summed E-state index contributed by atoms with van der Waals surface area (Å²) < 4.78 is 30.6. The van der Waals surface area contributed by atoms with Crippen molar-refractivity contribution >= 4 is 38.9 Å². The van der Waals surface area contributed by atoms with E-state index >= 15 is 0 Å². The molecule has 3 aromatic rings. The summed E-state index contributed by atoms with van der Waals surface area (Å²) in [6.07, 6.45) is 5.41. The van der Waals surface area contributed by atoms with E-state index in [9.17, 15) is 18.3 Å². The Bertz CT molecular complexity index is 1280. The van der Waals surface area contributed by atoms with Gasteiger partial charge in [-0.15, -0.1) is 0 Å². The molecule has 0 radical (unpaired) electrons. The predicted octanol–water partition coefficient (Wildman–Crippen LogP) is 3.50. The van der Waals surface area contributed by atoms with Crippen molar-refractivity contribution in [2.24, 2.45) is 0 Å². The highest BCUT2D eigenvalue weighted by molar-refractivity contribution is 7.89. The summed E-state index contributed by atoms with van der Waals surface area (Å²) in [6, 6.07) is 6.44. The third-order valence-electron chi connectivity index (χ3n) is 5.74. The van der Waals surface area contributed by atoms with Crippen LogP contribution in [0.25, 0.3) is 16.9 Å². The zero-order chi connectivity index (χ0) is 23.0. The topological polar surface area (TPSA) is 113 Å². The Balaban J connectivity index is 1.72. The molecular weight excluding hydrogens is 452 g/mol. The van der Waals surface area contributed by atoms with Crippen molar-refractivity contribution in [3.8, 4) is 11.3 Å². The van der Waals surface area contributed by atoms with Crippen molar-refractivity contribution in [3.63, 3.8) is 0 Å². The number of imidazole rings is 1. The lowest BCUT2D eigenvalue weighted by Crippen LogP contribution is -2.38. The molecule has 3 N–H and O–H groups in total. The predicted molar refractivity (Wildman–Crippen MR) is 123 cm³/mol. The molecule has 170 valence electrons. The minimum atomic E-state index is -3.73. The van der Waals surface area contributed by atoms with Crippen LogP contribution in [0, 0.1) is 6.92 Å². The number of pyridine rings is 1. The van der Waals surface area contributed by atoms with Crippen molar-refractivity contribution < 1.29 is 18.3 Å². The molecule has 1 saturated carbocycles. The molecule has 1 aliphatic rings. The Morgan fingerprint density at radius 3 is 2.62 bits per heavy atom. The van der Waals surface area contributed by atoms with Crippen LogP contribution in [0.2, 0.25) is 5.02 Å². The van der Waals surface area contributed by atoms with Gasteiger partial charge in [0.2, 0.25) is 15.9 Å². The summed E-state index contributed by atoms with van der Waals surface area (Å²) in [5.41, 5.74) is 3.13. The second-order valence-electron chi connectivity index (χ2n) is 8.16. The van der Waals surface area contributed by atoms with Crippen LogP contribution in [-0.2, 0) is 14.8 Å². The summed E-state index contributed by atoms with van der Waals surface area (Å²) in [7, 11) is -3.73. The van der Waals surface area contributed by atoms with E-state index in [4.69, 9.17) is 11.6 Å². The molecule has 1 aromatic carbocycles. The maximum Gasteiger partial charge on any atom is 0.240 e. The maximum absolute atomic E-state index is 13.0. The van der Waals surface area contributed by atoms with Gasteiger partial charge in [0.25, 0.3) is 0 Å². The van der Waals surface area contributed by atoms with Crippen LogP contribution in [0.1, 0.15) is 38.2 Å². The molecule has 0 saturated heterocycles. The maximum atomic E-state index is 13.0. The Labute approximate surface area is 191 Å². The fourth-order valence-corrected chi connectivity index (χ4v) is 5.56. The molecular formula is C22H25ClN4O4S. The molecule has 4 rings (SSSR count). The van der Waals surface area contributed by atoms with Gasteiger partial charge >= 0.3 is 0 Å². The fraction of sp³-hybridized carbons (Fsp3) is 0.364. The number of carbonyl (C=O) groups excluding carboxylic acids is 1. The quantitative estimate of drug-likeness (QED) is 0.521. The van der Waals surface area contributed by atoms with Crippen molar-refractivity contribution in [1.82, 2.24) is 14.1 Å². The Morgan fingerprint density at radius 2 is 1.94 bits per heavy atom. The first-order chi connectivity index (χ1) is 15.2. The Morgan fingerprint density at radius 1 is 1.22 bits per heavy atom. The third kappa shape index (κ3) is 4.52. The van der Waals surface area contributed by atoms with Crippen molar-refractivity contribution in [2.45, 2.75) is 56.6 Å². The van der Waals surface area contributed by atoms with Crippen molar-refractivity contribution in [3.05, 3.63) is 47.2 Å². The van der Waals surface area contributed by atoms with Gasteiger partial charge in [0.1, 0.15) is 5.69 Å². The number of nitrogens with zero attached hydrogens (tertiary/aromatic N) is 2. The van der Waals surface area contributed by atoms with Crippen molar-refractivity contribution in [1.29, 1.82) is 0 Å². The standard InChI is InChI=1S/C22H25ClN4O4S/c1-13-3-8-17(32(30,31)26-15-4-6-16(29)7-5-15)11-18(13)20-12-24-22-21(25-14(2)28)19(23)9-10-27(20)22/h3,8-12,15-16,26,29H,4-7H2,1-2H3,(H,25,28)/t15-,16-. The Hall–Kier alpha value is -2.46. The summed E-state index contributed by atoms with van der Waals surface area (Å²) in [6.45, 7) is 3.29. The average molecular weight is 477 g/mol. The number of aliphatic hydroxyl groups is 1. The number of carbonyl (C=O) groups is 1. The second-order valence-corrected chi connectivity index (χ2v) is 10.3. The molecule has 0 atom stereocenters. The van der Waals surface area contributed by atoms with Crippen LogP contribution in [0.15, 0.2) is 41.6 Å². The van der Waals surface area contributed by atoms with E-state index in [1.807, 2.05) is 6.92 Å². The zero-order valence-corrected chi connectivity index (χ0v) is 19.4. The molecule has 0 unspecified atom stereocenters. The number of halogens is 1. The lowest BCUT2D eigenvalue weighted by Gasteiger charge is -2.26. The number of anilines is 1. The zero-order valence-electron chi connectivity index (χ0n) is 17.8. The molecule has 0 spiro atoms. The number of aryl methyl sites for hydroxylation is 1. The molecule has 10 heteroatoms. The molecule has 0 aliphatic heterocycles. The molecule has 32 heavy (non-hydrogen) atoms. The normalized spacial score (nSPS) is 19.2. The average Bonchev–Trinajstić information content (AvgIpc) is 3.16. The van der Waals surface area contributed by atoms with Gasteiger partial charge in [0.15, 0.2) is 5.65 Å². The Kier molecular flexibility index (Phi) is 6.26. The number of aliphatic hydroxyl groups excluding tert-OH is 1. The van der Waals surface area contributed by atoms with Gasteiger partial charge in [0, 0.05) is 24.7 Å². The van der Waals surface area contributed by atoms with Crippen LogP contribution >= 0.6 is 11.6 Å². The van der Waals surface area contributed by atoms with Gasteiger partial charge in [0.05, 0.1) is 27.9 Å². The molecule has 2 aromatic heterocycles. The van der Waals surface area contributed by atoms with E-state index in [1.54, 1.807) is 41.1 Å². The van der Waals surface area contributed by atoms with Crippen LogP contribution in [0.5, 0.6) is 0 Å². The number of fused-ring (bicyclic) bond motifs is 1. The molecule has 1 aliphatic carbocycles. The van der Waals surface area contributed by atoms with Crippen LogP contribution in [0.3, 0.4) is 0 Å². The highest BCUT2D eigenvalue weighted by Crippen LogP contribution is 2.32. The number of amides is 1. The minimum Gasteiger partial charge on any atom is -0.393 e. The summed E-state index contributed by atoms with van der Waals surface area (Å²) in [4.78, 5) is 16.2. The number of rotatable bonds is 5. The number of aromatic nitrogens is 2. The molecule has 0 bridgehead atoms. The van der Waals surface area contributed by atoms with E-state index in [0.29, 0.717) is 53.3 Å². The van der Waals surface area contributed by atoms with Gasteiger partial charge in [-0.1, -0.05) is 17.7 Å². The first-order valence-electron chi connectivity index (χ1n) is 10.4.